The van der Waals surface area contributed by atoms with Gasteiger partial charge in [-0.15, -0.1) is 0 Å². The second kappa shape index (κ2) is 37.6. The van der Waals surface area contributed by atoms with Crippen LogP contribution in [0, 0.1) is 0 Å². The summed E-state index contributed by atoms with van der Waals surface area (Å²) in [6.07, 6.45) is 49.0. The van der Waals surface area contributed by atoms with Gasteiger partial charge >= 0.3 is 11.9 Å². The van der Waals surface area contributed by atoms with Gasteiger partial charge in [-0.2, -0.15) is 0 Å². The summed E-state index contributed by atoms with van der Waals surface area (Å²) >= 11 is 0. The van der Waals surface area contributed by atoms with E-state index in [2.05, 4.69) is 50.3 Å². The Morgan fingerprint density at radius 2 is 0.891 bits per heavy atom. The Morgan fingerprint density at radius 3 is 1.35 bits per heavy atom. The number of esters is 1. The normalized spacial score (nSPS) is 12.6. The summed E-state index contributed by atoms with van der Waals surface area (Å²) in [4.78, 5) is 23.8. The second-order valence-corrected chi connectivity index (χ2v) is 13.4. The van der Waals surface area contributed by atoms with Crippen molar-refractivity contribution < 1.29 is 19.4 Å². The van der Waals surface area contributed by atoms with Crippen molar-refractivity contribution >= 4 is 11.9 Å². The third-order valence-corrected chi connectivity index (χ3v) is 8.90. The molecule has 0 aliphatic rings. The zero-order valence-corrected chi connectivity index (χ0v) is 30.6. The number of allylic oxidation sites excluding steroid dienone is 6. The molecule has 4 nitrogen and oxygen atoms in total. The van der Waals surface area contributed by atoms with Crippen molar-refractivity contribution in [3.63, 3.8) is 0 Å². The van der Waals surface area contributed by atoms with Crippen LogP contribution in [0.4, 0.5) is 0 Å². The molecule has 0 bridgehead atoms. The molecular weight excluding hydrogens is 568 g/mol. The van der Waals surface area contributed by atoms with Crippen LogP contribution in [0.1, 0.15) is 213 Å². The second-order valence-electron chi connectivity index (χ2n) is 13.4. The van der Waals surface area contributed by atoms with E-state index in [0.29, 0.717) is 12.8 Å². The van der Waals surface area contributed by atoms with Crippen molar-refractivity contribution in [3.05, 3.63) is 36.5 Å². The standard InChI is InChI=1S/C42H76O4/c1-3-5-7-9-11-13-15-17-19-20-21-22-23-25-26-28-30-32-34-36-38-40(42(44)45)46-41(43)39-37-35-33-31-29-27-24-18-16-14-12-10-8-6-4-2/h6,8,12,14,18,24,40H,3-5,7,9-11,13,15-17,19-23,25-39H2,1-2H3,(H,44,45)/b8-6-,14-12-,24-18-. The highest BCUT2D eigenvalue weighted by Crippen LogP contribution is 2.16. The third kappa shape index (κ3) is 35.0. The van der Waals surface area contributed by atoms with Crippen LogP contribution < -0.4 is 0 Å². The molecule has 0 heterocycles. The Balaban J connectivity index is 3.54. The third-order valence-electron chi connectivity index (χ3n) is 8.90. The Hall–Kier alpha value is -1.84. The minimum atomic E-state index is -1.01. The zero-order chi connectivity index (χ0) is 33.6. The molecule has 1 N–H and O–H groups in total. The first-order chi connectivity index (χ1) is 22.6. The molecule has 0 saturated heterocycles. The summed E-state index contributed by atoms with van der Waals surface area (Å²) in [5.74, 6) is -1.37. The Morgan fingerprint density at radius 1 is 0.500 bits per heavy atom. The van der Waals surface area contributed by atoms with Gasteiger partial charge in [-0.1, -0.05) is 192 Å². The molecule has 1 atom stereocenters. The van der Waals surface area contributed by atoms with Crippen LogP contribution in [0.25, 0.3) is 0 Å². The average Bonchev–Trinajstić information content (AvgIpc) is 3.05. The Kier molecular flexibility index (Phi) is 36.1. The minimum Gasteiger partial charge on any atom is -0.479 e. The fourth-order valence-corrected chi connectivity index (χ4v) is 5.92. The number of hydrogen-bond acceptors (Lipinski definition) is 3. The lowest BCUT2D eigenvalue weighted by atomic mass is 10.0. The van der Waals surface area contributed by atoms with Crippen molar-refractivity contribution in [3.8, 4) is 0 Å². The van der Waals surface area contributed by atoms with Crippen molar-refractivity contribution in [1.82, 2.24) is 0 Å². The van der Waals surface area contributed by atoms with Gasteiger partial charge in [0, 0.05) is 6.42 Å². The maximum atomic E-state index is 12.2. The lowest BCUT2D eigenvalue weighted by molar-refractivity contribution is -0.164. The maximum Gasteiger partial charge on any atom is 0.345 e. The molecule has 0 amide bonds. The highest BCUT2D eigenvalue weighted by atomic mass is 16.6. The van der Waals surface area contributed by atoms with Crippen LogP contribution in [-0.4, -0.2) is 23.1 Å². The van der Waals surface area contributed by atoms with E-state index in [-0.39, 0.29) is 5.97 Å². The predicted molar refractivity (Wildman–Crippen MR) is 199 cm³/mol. The summed E-state index contributed by atoms with van der Waals surface area (Å²) in [6, 6.07) is 0. The van der Waals surface area contributed by atoms with E-state index in [0.717, 1.165) is 70.6 Å². The molecule has 0 rings (SSSR count). The number of carbonyl (C=O) groups excluding carboxylic acids is 1. The smallest absolute Gasteiger partial charge is 0.345 e. The lowest BCUT2D eigenvalue weighted by Gasteiger charge is -2.13. The van der Waals surface area contributed by atoms with Crippen LogP contribution in [0.3, 0.4) is 0 Å². The Labute approximate surface area is 286 Å². The largest absolute Gasteiger partial charge is 0.479 e. The number of hydrogen-bond donors (Lipinski definition) is 1. The van der Waals surface area contributed by atoms with Crippen LogP contribution >= 0.6 is 0 Å². The van der Waals surface area contributed by atoms with Crippen LogP contribution in [0.15, 0.2) is 36.5 Å². The highest BCUT2D eigenvalue weighted by Gasteiger charge is 2.21. The van der Waals surface area contributed by atoms with Gasteiger partial charge in [0.25, 0.3) is 0 Å². The molecule has 0 aromatic carbocycles. The molecule has 0 aromatic rings. The van der Waals surface area contributed by atoms with Gasteiger partial charge in [-0.25, -0.2) is 4.79 Å². The molecule has 0 radical (unpaired) electrons. The first kappa shape index (κ1) is 44.2. The summed E-state index contributed by atoms with van der Waals surface area (Å²) < 4.78 is 5.31. The summed E-state index contributed by atoms with van der Waals surface area (Å²) in [5, 5.41) is 9.50. The first-order valence-electron chi connectivity index (χ1n) is 20.0. The van der Waals surface area contributed by atoms with Crippen LogP contribution in [0.5, 0.6) is 0 Å². The van der Waals surface area contributed by atoms with Crippen molar-refractivity contribution in [1.29, 1.82) is 0 Å². The predicted octanol–water partition coefficient (Wildman–Crippen LogP) is 13.8. The number of carboxylic acids is 1. The van der Waals surface area contributed by atoms with Crippen LogP contribution in [0.2, 0.25) is 0 Å². The number of aliphatic carboxylic acids is 1. The number of rotatable bonds is 36. The maximum absolute atomic E-state index is 12.2. The molecule has 0 spiro atoms. The molecule has 268 valence electrons. The van der Waals surface area contributed by atoms with Gasteiger partial charge in [-0.3, -0.25) is 4.79 Å². The average molecular weight is 645 g/mol. The van der Waals surface area contributed by atoms with E-state index in [1.165, 1.54) is 116 Å². The fourth-order valence-electron chi connectivity index (χ4n) is 5.92. The van der Waals surface area contributed by atoms with Gasteiger partial charge in [0.05, 0.1) is 0 Å². The molecule has 0 aliphatic heterocycles. The van der Waals surface area contributed by atoms with Gasteiger partial charge in [-0.05, 0) is 51.4 Å². The van der Waals surface area contributed by atoms with Gasteiger partial charge in [0.1, 0.15) is 0 Å². The minimum absolute atomic E-state index is 0.322. The van der Waals surface area contributed by atoms with Crippen LogP contribution in [-0.2, 0) is 14.3 Å². The van der Waals surface area contributed by atoms with E-state index >= 15 is 0 Å². The summed E-state index contributed by atoms with van der Waals surface area (Å²) in [6.45, 7) is 4.43. The number of carboxylic acid groups (broad SMARTS) is 1. The molecule has 0 aliphatic carbocycles. The lowest BCUT2D eigenvalue weighted by Crippen LogP contribution is -2.27. The number of unbranched alkanes of at least 4 members (excludes halogenated alkanes) is 24. The fraction of sp³-hybridized carbons (Fsp3) is 0.810. The van der Waals surface area contributed by atoms with Gasteiger partial charge < -0.3 is 9.84 Å². The summed E-state index contributed by atoms with van der Waals surface area (Å²) in [5.41, 5.74) is 0. The molecule has 0 aromatic heterocycles. The van der Waals surface area contributed by atoms with Crippen molar-refractivity contribution in [2.75, 3.05) is 0 Å². The first-order valence-corrected chi connectivity index (χ1v) is 20.0. The van der Waals surface area contributed by atoms with Gasteiger partial charge in [0.2, 0.25) is 0 Å². The SMILES string of the molecule is CC/C=C\C/C=C\C/C=C\CCCCCCCC(=O)OC(CCCCCCCCCCCCCCCCCCCCCC)C(=O)O. The highest BCUT2D eigenvalue weighted by molar-refractivity contribution is 5.77. The van der Waals surface area contributed by atoms with Gasteiger partial charge in [0.15, 0.2) is 6.10 Å². The van der Waals surface area contributed by atoms with E-state index in [4.69, 9.17) is 4.74 Å². The molecule has 4 heteroatoms. The molecule has 46 heavy (non-hydrogen) atoms. The topological polar surface area (TPSA) is 63.6 Å². The molecule has 0 saturated carbocycles. The zero-order valence-electron chi connectivity index (χ0n) is 30.6. The molecular formula is C42H76O4. The summed E-state index contributed by atoms with van der Waals surface area (Å²) in [7, 11) is 0. The van der Waals surface area contributed by atoms with E-state index in [1.807, 2.05) is 0 Å². The number of carbonyl (C=O) groups is 2. The van der Waals surface area contributed by atoms with Crippen molar-refractivity contribution in [2.45, 2.75) is 219 Å². The Bertz CT molecular complexity index is 738. The quantitative estimate of drug-likeness (QED) is 0.0419. The van der Waals surface area contributed by atoms with E-state index in [9.17, 15) is 14.7 Å². The molecule has 0 fully saturated rings. The van der Waals surface area contributed by atoms with E-state index in [1.54, 1.807) is 0 Å². The van der Waals surface area contributed by atoms with E-state index < -0.39 is 12.1 Å². The van der Waals surface area contributed by atoms with Crippen molar-refractivity contribution in [2.24, 2.45) is 0 Å². The monoisotopic (exact) mass is 645 g/mol. The molecule has 1 unspecified atom stereocenters. The number of ether oxygens (including phenoxy) is 1.